The maximum absolute atomic E-state index is 9.12. The molecule has 6 heteroatoms. The molecule has 0 spiro atoms. The monoisotopic (exact) mass is 180 g/mol. The minimum Gasteiger partial charge on any atom is -0.394 e. The van der Waals surface area contributed by atoms with Crippen molar-refractivity contribution in [3.05, 3.63) is 0 Å². The van der Waals surface area contributed by atoms with Crippen LogP contribution in [0.4, 0.5) is 0 Å². The molecule has 0 bridgehead atoms. The molecule has 5 atom stereocenters. The first kappa shape index (κ1) is 9.85. The highest BCUT2D eigenvalue weighted by atomic mass is 16.6. The molecule has 1 rings (SSSR count). The lowest BCUT2D eigenvalue weighted by molar-refractivity contribution is -0.286. The third-order valence-corrected chi connectivity index (χ3v) is 1.87. The topological polar surface area (TPSA) is 110 Å². The van der Waals surface area contributed by atoms with Crippen molar-refractivity contribution < 1.29 is 30.3 Å². The Bertz CT molecular complexity index is 146. The maximum Gasteiger partial charge on any atom is 0.184 e. The largest absolute Gasteiger partial charge is 0.394 e. The minimum atomic E-state index is -1.57. The summed E-state index contributed by atoms with van der Waals surface area (Å²) in [5, 5.41) is 44.7. The van der Waals surface area contributed by atoms with Crippen LogP contribution in [0.15, 0.2) is 0 Å². The minimum absolute atomic E-state index is 0.526. The summed E-state index contributed by atoms with van der Waals surface area (Å²) in [5.41, 5.74) is 0. The number of hydrogen-bond donors (Lipinski definition) is 5. The first-order chi connectivity index (χ1) is 5.57. The Kier molecular flexibility index (Phi) is 2.99. The van der Waals surface area contributed by atoms with E-state index in [0.717, 1.165) is 0 Å². The SMILES string of the molecule is OCC1O[C@H](O)C(O)[C@H](O)[C@@H]1O. The van der Waals surface area contributed by atoms with Gasteiger partial charge in [-0.1, -0.05) is 0 Å². The fourth-order valence-corrected chi connectivity index (χ4v) is 1.08. The van der Waals surface area contributed by atoms with Crippen molar-refractivity contribution in [2.75, 3.05) is 6.61 Å². The Morgan fingerprint density at radius 3 is 2.00 bits per heavy atom. The molecule has 12 heavy (non-hydrogen) atoms. The van der Waals surface area contributed by atoms with Crippen LogP contribution in [0.3, 0.4) is 0 Å². The second kappa shape index (κ2) is 3.65. The summed E-state index contributed by atoms with van der Waals surface area (Å²) in [4.78, 5) is 0. The van der Waals surface area contributed by atoms with Gasteiger partial charge in [0.25, 0.3) is 0 Å². The van der Waals surface area contributed by atoms with Crippen molar-refractivity contribution in [2.24, 2.45) is 0 Å². The Morgan fingerprint density at radius 2 is 1.50 bits per heavy atom. The first-order valence-corrected chi connectivity index (χ1v) is 3.56. The van der Waals surface area contributed by atoms with Gasteiger partial charge in [0.2, 0.25) is 0 Å². The van der Waals surface area contributed by atoms with E-state index < -0.39 is 37.3 Å². The highest BCUT2D eigenvalue weighted by molar-refractivity contribution is 4.87. The lowest BCUT2D eigenvalue weighted by Gasteiger charge is -2.37. The predicted molar refractivity (Wildman–Crippen MR) is 36.0 cm³/mol. The fraction of sp³-hybridized carbons (Fsp3) is 1.00. The molecule has 1 aliphatic heterocycles. The standard InChI is InChI=1S/C6H12O6/c7-1-2-3(8)4(9)5(10)6(11)12-2/h2-11H,1H2/t2?,3-,4-,5?,6+/m1/s1. The van der Waals surface area contributed by atoms with Crippen molar-refractivity contribution >= 4 is 0 Å². The van der Waals surface area contributed by atoms with Gasteiger partial charge in [0, 0.05) is 0 Å². The zero-order chi connectivity index (χ0) is 9.30. The van der Waals surface area contributed by atoms with Crippen LogP contribution in [0.5, 0.6) is 0 Å². The first-order valence-electron chi connectivity index (χ1n) is 3.56. The van der Waals surface area contributed by atoms with Gasteiger partial charge in [-0.3, -0.25) is 0 Å². The van der Waals surface area contributed by atoms with Gasteiger partial charge in [0.05, 0.1) is 6.61 Å². The Balaban J connectivity index is 2.63. The summed E-state index contributed by atoms with van der Waals surface area (Å²) in [7, 11) is 0. The van der Waals surface area contributed by atoms with Crippen molar-refractivity contribution in [1.82, 2.24) is 0 Å². The third kappa shape index (κ3) is 1.58. The molecule has 0 amide bonds. The molecule has 0 aromatic heterocycles. The van der Waals surface area contributed by atoms with E-state index in [1.54, 1.807) is 0 Å². The van der Waals surface area contributed by atoms with E-state index in [-0.39, 0.29) is 0 Å². The van der Waals surface area contributed by atoms with Gasteiger partial charge >= 0.3 is 0 Å². The van der Waals surface area contributed by atoms with Gasteiger partial charge in [-0.2, -0.15) is 0 Å². The van der Waals surface area contributed by atoms with E-state index in [9.17, 15) is 0 Å². The molecule has 1 heterocycles. The fourth-order valence-electron chi connectivity index (χ4n) is 1.08. The van der Waals surface area contributed by atoms with Crippen LogP contribution in [-0.2, 0) is 4.74 Å². The summed E-state index contributed by atoms with van der Waals surface area (Å²) in [6, 6.07) is 0. The van der Waals surface area contributed by atoms with Gasteiger partial charge in [-0.25, -0.2) is 0 Å². The number of rotatable bonds is 1. The van der Waals surface area contributed by atoms with Crippen molar-refractivity contribution in [3.63, 3.8) is 0 Å². The lowest BCUT2D eigenvalue weighted by Crippen LogP contribution is -2.58. The second-order valence-electron chi connectivity index (χ2n) is 2.72. The zero-order valence-electron chi connectivity index (χ0n) is 6.24. The maximum atomic E-state index is 9.12. The molecule has 1 saturated heterocycles. The number of aliphatic hydroxyl groups excluding tert-OH is 5. The molecule has 5 N–H and O–H groups in total. The van der Waals surface area contributed by atoms with E-state index in [1.165, 1.54) is 0 Å². The number of aliphatic hydroxyl groups is 5. The molecule has 1 fully saturated rings. The van der Waals surface area contributed by atoms with E-state index in [2.05, 4.69) is 4.74 Å². The summed E-state index contributed by atoms with van der Waals surface area (Å²) < 4.78 is 4.58. The molecule has 72 valence electrons. The van der Waals surface area contributed by atoms with Crippen LogP contribution in [0, 0.1) is 0 Å². The Hall–Kier alpha value is -0.240. The average Bonchev–Trinajstić information content (AvgIpc) is 2.08. The molecular formula is C6H12O6. The van der Waals surface area contributed by atoms with Crippen LogP contribution in [-0.4, -0.2) is 62.8 Å². The highest BCUT2D eigenvalue weighted by Crippen LogP contribution is 2.18. The number of ether oxygens (including phenoxy) is 1. The van der Waals surface area contributed by atoms with Crippen molar-refractivity contribution in [2.45, 2.75) is 30.7 Å². The molecule has 0 saturated carbocycles. The van der Waals surface area contributed by atoms with Crippen molar-refractivity contribution in [1.29, 1.82) is 0 Å². The second-order valence-corrected chi connectivity index (χ2v) is 2.72. The molecule has 2 unspecified atom stereocenters. The molecule has 0 aromatic carbocycles. The van der Waals surface area contributed by atoms with Gasteiger partial charge in [-0.05, 0) is 0 Å². The van der Waals surface area contributed by atoms with E-state index in [0.29, 0.717) is 0 Å². The van der Waals surface area contributed by atoms with Gasteiger partial charge in [0.15, 0.2) is 6.29 Å². The molecular weight excluding hydrogens is 168 g/mol. The average molecular weight is 180 g/mol. The molecule has 0 aliphatic carbocycles. The number of hydrogen-bond acceptors (Lipinski definition) is 6. The zero-order valence-corrected chi connectivity index (χ0v) is 6.24. The smallest absolute Gasteiger partial charge is 0.184 e. The van der Waals surface area contributed by atoms with Crippen LogP contribution in [0.25, 0.3) is 0 Å². The van der Waals surface area contributed by atoms with Gasteiger partial charge < -0.3 is 30.3 Å². The van der Waals surface area contributed by atoms with Gasteiger partial charge in [-0.15, -0.1) is 0 Å². The van der Waals surface area contributed by atoms with Crippen molar-refractivity contribution in [3.8, 4) is 0 Å². The molecule has 1 aliphatic rings. The van der Waals surface area contributed by atoms with E-state index in [4.69, 9.17) is 25.5 Å². The Labute approximate surface area is 68.6 Å². The predicted octanol–water partition coefficient (Wildman–Crippen LogP) is -3.22. The van der Waals surface area contributed by atoms with Crippen LogP contribution < -0.4 is 0 Å². The van der Waals surface area contributed by atoms with Gasteiger partial charge in [0.1, 0.15) is 24.4 Å². The third-order valence-electron chi connectivity index (χ3n) is 1.87. The van der Waals surface area contributed by atoms with Crippen LogP contribution in [0.1, 0.15) is 0 Å². The normalized spacial score (nSPS) is 49.2. The quantitative estimate of drug-likeness (QED) is 0.290. The Morgan fingerprint density at radius 1 is 0.917 bits per heavy atom. The van der Waals surface area contributed by atoms with Crippen LogP contribution >= 0.6 is 0 Å². The van der Waals surface area contributed by atoms with E-state index >= 15 is 0 Å². The molecule has 0 aromatic rings. The summed E-state index contributed by atoms with van der Waals surface area (Å²) >= 11 is 0. The summed E-state index contributed by atoms with van der Waals surface area (Å²) in [6.45, 7) is -0.526. The molecule has 0 radical (unpaired) electrons. The summed E-state index contributed by atoms with van der Waals surface area (Å²) in [6.07, 6.45) is -7.04. The summed E-state index contributed by atoms with van der Waals surface area (Å²) in [5.74, 6) is 0. The van der Waals surface area contributed by atoms with E-state index in [1.807, 2.05) is 0 Å². The molecule has 6 nitrogen and oxygen atoms in total. The van der Waals surface area contributed by atoms with Crippen LogP contribution in [0.2, 0.25) is 0 Å². The highest BCUT2D eigenvalue weighted by Gasteiger charge is 2.42. The lowest BCUT2D eigenvalue weighted by atomic mass is 10.00.